The Hall–Kier alpha value is -0.770. The highest BCUT2D eigenvalue weighted by molar-refractivity contribution is 6.33. The van der Waals surface area contributed by atoms with Gasteiger partial charge in [-0.2, -0.15) is 0 Å². The summed E-state index contributed by atoms with van der Waals surface area (Å²) in [7, 11) is 2.18. The highest BCUT2D eigenvalue weighted by Gasteiger charge is 2.23. The van der Waals surface area contributed by atoms with Crippen molar-refractivity contribution in [3.63, 3.8) is 0 Å². The number of nitrogens with one attached hydrogen (secondary N) is 1. The Bertz CT molecular complexity index is 463. The quantitative estimate of drug-likeness (QED) is 0.897. The second kappa shape index (κ2) is 7.48. The van der Waals surface area contributed by atoms with E-state index in [9.17, 15) is 0 Å². The van der Waals surface area contributed by atoms with Crippen LogP contribution in [0.2, 0.25) is 5.02 Å². The molecule has 1 saturated heterocycles. The Kier molecular flexibility index (Phi) is 5.91. The van der Waals surface area contributed by atoms with Crippen LogP contribution in [0.3, 0.4) is 0 Å². The van der Waals surface area contributed by atoms with Crippen LogP contribution in [0.1, 0.15) is 38.8 Å². The summed E-state index contributed by atoms with van der Waals surface area (Å²) in [5.74, 6) is 0. The lowest BCUT2D eigenvalue weighted by Gasteiger charge is -2.40. The minimum Gasteiger partial charge on any atom is -0.365 e. The Morgan fingerprint density at radius 1 is 1.38 bits per heavy atom. The van der Waals surface area contributed by atoms with Gasteiger partial charge in [-0.15, -0.1) is 0 Å². The third-order valence-corrected chi connectivity index (χ3v) is 4.62. The lowest BCUT2D eigenvalue weighted by Crippen LogP contribution is -2.50. The summed E-state index contributed by atoms with van der Waals surface area (Å²) < 4.78 is 0. The van der Waals surface area contributed by atoms with E-state index in [0.29, 0.717) is 12.1 Å². The summed E-state index contributed by atoms with van der Waals surface area (Å²) in [5, 5.41) is 4.38. The van der Waals surface area contributed by atoms with Gasteiger partial charge in [-0.1, -0.05) is 24.6 Å². The molecule has 118 valence electrons. The monoisotopic (exact) mass is 309 g/mol. The van der Waals surface area contributed by atoms with Gasteiger partial charge in [-0.05, 0) is 51.6 Å². The summed E-state index contributed by atoms with van der Waals surface area (Å²) >= 11 is 6.56. The molecule has 3 nitrogen and oxygen atoms in total. The number of hydrogen-bond acceptors (Lipinski definition) is 3. The molecule has 2 atom stereocenters. The average Bonchev–Trinajstić information content (AvgIpc) is 2.45. The van der Waals surface area contributed by atoms with Gasteiger partial charge in [0.05, 0.1) is 10.7 Å². The lowest BCUT2D eigenvalue weighted by atomic mass is 10.1. The fraction of sp³-hybridized carbons (Fsp3) is 0.647. The number of likely N-dealkylation sites (N-methyl/N-ethyl adjacent to an activating group) is 1. The molecule has 2 unspecified atom stereocenters. The molecule has 0 amide bonds. The van der Waals surface area contributed by atoms with E-state index < -0.39 is 0 Å². The van der Waals surface area contributed by atoms with Crippen LogP contribution in [0.25, 0.3) is 0 Å². The molecule has 0 radical (unpaired) electrons. The average molecular weight is 310 g/mol. The first-order chi connectivity index (χ1) is 10.0. The van der Waals surface area contributed by atoms with Crippen molar-refractivity contribution in [2.45, 2.75) is 39.3 Å². The van der Waals surface area contributed by atoms with E-state index in [2.05, 4.69) is 61.1 Å². The van der Waals surface area contributed by atoms with Crippen molar-refractivity contribution >= 4 is 17.3 Å². The fourth-order valence-electron chi connectivity index (χ4n) is 3.00. The van der Waals surface area contributed by atoms with Crippen LogP contribution in [0.5, 0.6) is 0 Å². The third kappa shape index (κ3) is 4.12. The normalized spacial score (nSPS) is 21.6. The van der Waals surface area contributed by atoms with Gasteiger partial charge in [-0.3, -0.25) is 0 Å². The molecule has 1 aliphatic heterocycles. The summed E-state index contributed by atoms with van der Waals surface area (Å²) in [5.41, 5.74) is 2.43. The van der Waals surface area contributed by atoms with Crippen molar-refractivity contribution < 1.29 is 0 Å². The number of halogens is 1. The van der Waals surface area contributed by atoms with Gasteiger partial charge in [0.15, 0.2) is 0 Å². The molecule has 0 aliphatic carbocycles. The molecule has 1 aromatic rings. The standard InChI is InChI=1S/C17H28ClN3/c1-5-8-19-14(3)15-6-7-17(16(18)11-15)21-10-9-20(4)12-13(21)2/h6-7,11,13-14,19H,5,8-10,12H2,1-4H3. The van der Waals surface area contributed by atoms with Crippen LogP contribution < -0.4 is 10.2 Å². The van der Waals surface area contributed by atoms with Crippen molar-refractivity contribution in [2.24, 2.45) is 0 Å². The number of benzene rings is 1. The van der Waals surface area contributed by atoms with Crippen LogP contribution in [-0.4, -0.2) is 44.2 Å². The molecule has 0 saturated carbocycles. The largest absolute Gasteiger partial charge is 0.365 e. The molecule has 1 aliphatic rings. The minimum atomic E-state index is 0.349. The van der Waals surface area contributed by atoms with E-state index in [-0.39, 0.29) is 0 Å². The molecular weight excluding hydrogens is 282 g/mol. The van der Waals surface area contributed by atoms with Crippen molar-refractivity contribution in [1.29, 1.82) is 0 Å². The van der Waals surface area contributed by atoms with Gasteiger partial charge in [0.1, 0.15) is 0 Å². The molecule has 4 heteroatoms. The molecule has 1 N–H and O–H groups in total. The van der Waals surface area contributed by atoms with Gasteiger partial charge in [0, 0.05) is 31.7 Å². The predicted molar refractivity (Wildman–Crippen MR) is 92.5 cm³/mol. The highest BCUT2D eigenvalue weighted by Crippen LogP contribution is 2.31. The topological polar surface area (TPSA) is 18.5 Å². The second-order valence-electron chi connectivity index (χ2n) is 6.19. The first-order valence-corrected chi connectivity index (χ1v) is 8.38. The van der Waals surface area contributed by atoms with Crippen LogP contribution in [0.15, 0.2) is 18.2 Å². The number of piperazine rings is 1. The Labute approximate surface area is 134 Å². The number of nitrogens with zero attached hydrogens (tertiary/aromatic N) is 2. The lowest BCUT2D eigenvalue weighted by molar-refractivity contribution is 0.275. The zero-order valence-corrected chi connectivity index (χ0v) is 14.5. The zero-order valence-electron chi connectivity index (χ0n) is 13.7. The van der Waals surface area contributed by atoms with Crippen LogP contribution in [0, 0.1) is 0 Å². The van der Waals surface area contributed by atoms with E-state index in [1.54, 1.807) is 0 Å². The van der Waals surface area contributed by atoms with Crippen LogP contribution >= 0.6 is 11.6 Å². The maximum Gasteiger partial charge on any atom is 0.0643 e. The molecular formula is C17H28ClN3. The maximum atomic E-state index is 6.56. The molecule has 0 aromatic heterocycles. The predicted octanol–water partition coefficient (Wildman–Crippen LogP) is 3.54. The first kappa shape index (κ1) is 16.6. The summed E-state index contributed by atoms with van der Waals surface area (Å²) in [6, 6.07) is 7.36. The van der Waals surface area contributed by atoms with E-state index >= 15 is 0 Å². The summed E-state index contributed by atoms with van der Waals surface area (Å²) in [6.07, 6.45) is 1.15. The molecule has 1 aromatic carbocycles. The van der Waals surface area contributed by atoms with Crippen molar-refractivity contribution in [3.05, 3.63) is 28.8 Å². The van der Waals surface area contributed by atoms with Gasteiger partial charge >= 0.3 is 0 Å². The van der Waals surface area contributed by atoms with Crippen molar-refractivity contribution in [2.75, 3.05) is 38.1 Å². The zero-order chi connectivity index (χ0) is 15.4. The van der Waals surface area contributed by atoms with Crippen LogP contribution in [0.4, 0.5) is 5.69 Å². The molecule has 21 heavy (non-hydrogen) atoms. The maximum absolute atomic E-state index is 6.56. The van der Waals surface area contributed by atoms with E-state index in [1.165, 1.54) is 11.3 Å². The first-order valence-electron chi connectivity index (χ1n) is 8.01. The van der Waals surface area contributed by atoms with Gasteiger partial charge in [0.25, 0.3) is 0 Å². The number of anilines is 1. The van der Waals surface area contributed by atoms with Crippen LogP contribution in [-0.2, 0) is 0 Å². The van der Waals surface area contributed by atoms with E-state index in [4.69, 9.17) is 11.6 Å². The molecule has 0 spiro atoms. The molecule has 0 bridgehead atoms. The summed E-state index contributed by atoms with van der Waals surface area (Å²) in [6.45, 7) is 10.9. The molecule has 1 heterocycles. The molecule has 2 rings (SSSR count). The van der Waals surface area contributed by atoms with Crippen molar-refractivity contribution in [3.8, 4) is 0 Å². The van der Waals surface area contributed by atoms with Gasteiger partial charge in [0.2, 0.25) is 0 Å². The Balaban J connectivity index is 2.12. The number of hydrogen-bond donors (Lipinski definition) is 1. The Morgan fingerprint density at radius 3 is 2.76 bits per heavy atom. The number of rotatable bonds is 5. The minimum absolute atomic E-state index is 0.349. The third-order valence-electron chi connectivity index (χ3n) is 4.31. The highest BCUT2D eigenvalue weighted by atomic mass is 35.5. The van der Waals surface area contributed by atoms with Gasteiger partial charge < -0.3 is 15.1 Å². The smallest absolute Gasteiger partial charge is 0.0643 e. The Morgan fingerprint density at radius 2 is 2.14 bits per heavy atom. The van der Waals surface area contributed by atoms with Gasteiger partial charge in [-0.25, -0.2) is 0 Å². The van der Waals surface area contributed by atoms with E-state index in [1.807, 2.05) is 0 Å². The second-order valence-corrected chi connectivity index (χ2v) is 6.60. The summed E-state index contributed by atoms with van der Waals surface area (Å²) in [4.78, 5) is 4.80. The van der Waals surface area contributed by atoms with E-state index in [0.717, 1.165) is 37.6 Å². The SMILES string of the molecule is CCCNC(C)c1ccc(N2CCN(C)CC2C)c(Cl)c1. The van der Waals surface area contributed by atoms with Crippen molar-refractivity contribution in [1.82, 2.24) is 10.2 Å². The molecule has 1 fully saturated rings. The fourth-order valence-corrected chi connectivity index (χ4v) is 3.30.